The first-order valence-electron chi connectivity index (χ1n) is 35.4. The van der Waals surface area contributed by atoms with Gasteiger partial charge in [-0.1, -0.05) is 25.7 Å². The summed E-state index contributed by atoms with van der Waals surface area (Å²) in [5, 5.41) is 239. The zero-order chi connectivity index (χ0) is 77.9. The summed E-state index contributed by atoms with van der Waals surface area (Å²) in [5.74, 6) is -2.17. The van der Waals surface area contributed by atoms with Gasteiger partial charge in [0, 0.05) is 26.9 Å². The molecule has 8 aliphatic rings. The van der Waals surface area contributed by atoms with Gasteiger partial charge < -0.3 is 198 Å². The van der Waals surface area contributed by atoms with Crippen molar-refractivity contribution < 1.29 is 202 Å². The fourth-order valence-electron chi connectivity index (χ4n) is 13.8. The van der Waals surface area contributed by atoms with Crippen LogP contribution >= 0.6 is 0 Å². The Bertz CT molecular complexity index is 2650. The lowest BCUT2D eigenvalue weighted by atomic mass is 9.93. The van der Waals surface area contributed by atoms with E-state index >= 15 is 0 Å². The van der Waals surface area contributed by atoms with Gasteiger partial charge in [-0.05, 0) is 33.6 Å². The molecule has 0 aliphatic carbocycles. The molecule has 8 aliphatic heterocycles. The van der Waals surface area contributed by atoms with E-state index in [1.54, 1.807) is 6.92 Å². The number of amides is 2. The fourth-order valence-corrected chi connectivity index (χ4v) is 13.8. The van der Waals surface area contributed by atoms with E-state index in [0.717, 1.165) is 33.1 Å². The van der Waals surface area contributed by atoms with Crippen molar-refractivity contribution in [3.05, 3.63) is 0 Å². The highest BCUT2D eigenvalue weighted by molar-refractivity contribution is 5.73. The quantitative estimate of drug-likeness (QED) is 0.0214. The summed E-state index contributed by atoms with van der Waals surface area (Å²) in [6.07, 6.45) is -70.0. The summed E-state index contributed by atoms with van der Waals surface area (Å²) in [7, 11) is 0. The normalized spacial score (nSPS) is 46.7. The minimum Gasteiger partial charge on any atom is -0.466 e. The maximum Gasteiger partial charge on any atom is 0.305 e. The van der Waals surface area contributed by atoms with Crippen molar-refractivity contribution >= 4 is 17.8 Å². The van der Waals surface area contributed by atoms with Gasteiger partial charge in [0.2, 0.25) is 11.8 Å². The highest BCUT2D eigenvalue weighted by Gasteiger charge is 2.61. The zero-order valence-corrected chi connectivity index (χ0v) is 58.8. The molecule has 8 heterocycles. The van der Waals surface area contributed by atoms with Crippen LogP contribution in [0, 0.1) is 0 Å². The molecule has 0 aromatic rings. The summed E-state index contributed by atoms with van der Waals surface area (Å²) in [5.41, 5.74) is 0. The van der Waals surface area contributed by atoms with Gasteiger partial charge in [-0.25, -0.2) is 0 Å². The summed E-state index contributed by atoms with van der Waals surface area (Å²) < 4.78 is 101. The molecule has 616 valence electrons. The Morgan fingerprint density at radius 1 is 0.311 bits per heavy atom. The number of carbonyl (C=O) groups excluding carboxylic acids is 3. The largest absolute Gasteiger partial charge is 0.466 e. The van der Waals surface area contributed by atoms with Crippen molar-refractivity contribution in [3.63, 3.8) is 0 Å². The molecule has 0 radical (unpaired) electrons. The molecule has 0 aromatic heterocycles. The van der Waals surface area contributed by atoms with Crippen LogP contribution in [0.15, 0.2) is 0 Å². The molecule has 0 aromatic carbocycles. The van der Waals surface area contributed by atoms with Gasteiger partial charge >= 0.3 is 5.97 Å². The van der Waals surface area contributed by atoms with Crippen LogP contribution in [-0.2, 0) is 94.9 Å². The molecule has 43 heteroatoms. The van der Waals surface area contributed by atoms with Crippen LogP contribution in [-0.4, -0.2) is 423 Å². The molecule has 0 saturated carbocycles. The Balaban J connectivity index is 1.07. The van der Waals surface area contributed by atoms with E-state index in [9.17, 15) is 122 Å². The van der Waals surface area contributed by atoms with Gasteiger partial charge in [-0.2, -0.15) is 0 Å². The van der Waals surface area contributed by atoms with E-state index in [1.165, 1.54) is 13.8 Å². The Morgan fingerprint density at radius 2 is 0.623 bits per heavy atom. The lowest BCUT2D eigenvalue weighted by molar-refractivity contribution is -0.400. The van der Waals surface area contributed by atoms with Crippen molar-refractivity contribution in [2.45, 2.75) is 325 Å². The second-order valence-electron chi connectivity index (χ2n) is 27.3. The third-order valence-electron chi connectivity index (χ3n) is 19.7. The van der Waals surface area contributed by atoms with E-state index in [4.69, 9.17) is 80.5 Å². The average molecular weight is 1550 g/mol. The van der Waals surface area contributed by atoms with Gasteiger partial charge in [-0.15, -0.1) is 0 Å². The second-order valence-corrected chi connectivity index (χ2v) is 27.3. The van der Waals surface area contributed by atoms with E-state index < -0.39 is 297 Å². The van der Waals surface area contributed by atoms with E-state index in [-0.39, 0.29) is 12.6 Å². The number of aliphatic hydroxyl groups is 21. The minimum atomic E-state index is -2.43. The molecule has 40 atom stereocenters. The molecule has 106 heavy (non-hydrogen) atoms. The molecule has 43 nitrogen and oxygen atoms in total. The standard InChI is InChI=1S/C63H108N2O41/c1-6-90-31(74)13-11-9-7-8-10-12-14-91-58-46(87)42(83)49(28(18-69)99-58)100-62-47(88)54(37(78)26(16-67)95-62)105-57-33(65-24(5)73)53(104-60-44(85)40(81)35(76)22(3)93-60)51(30(20-71)98-57)102-63-48(89)55(38(79)27(17-68)96-63)106-56-32(64-23(4)72)52(103-59-43(84)39(80)34(75)21(2)92-59)50(29(19-70)97-56)101-61-45(86)41(82)36(77)25(15-66)94-61/h21-22,25-30,32-63,66-71,75-89H,6-20H2,1-5H3,(H,64,72)(H,65,73)/t21-,22-,25+,26+,27+,28+,29+,30+,32+,33+,34+,35+,36-,37-,38-,39+,40+,41-,42+,43-,44-,45+,46+,47+,48+,49+,50+,51+,52+,53+,54-,55-,56-,57-,58+,59-,60-,61-,62-,63-/m0/s1. The number of esters is 1. The Labute approximate surface area is 607 Å². The molecular formula is C63H108N2O41. The predicted octanol–water partition coefficient (Wildman–Crippen LogP) is -12.8. The van der Waals surface area contributed by atoms with Crippen LogP contribution in [0.4, 0.5) is 0 Å². The van der Waals surface area contributed by atoms with Gasteiger partial charge in [0.15, 0.2) is 50.3 Å². The van der Waals surface area contributed by atoms with Gasteiger partial charge in [-0.3, -0.25) is 14.4 Å². The minimum absolute atomic E-state index is 0.0382. The summed E-state index contributed by atoms with van der Waals surface area (Å²) in [6, 6.07) is -3.90. The number of rotatable bonds is 33. The maximum atomic E-state index is 13.5. The number of aliphatic hydroxyl groups excluding tert-OH is 21. The van der Waals surface area contributed by atoms with Gasteiger partial charge in [0.1, 0.15) is 183 Å². The Hall–Kier alpha value is -3.07. The molecule has 8 rings (SSSR count). The van der Waals surface area contributed by atoms with E-state index in [0.29, 0.717) is 32.3 Å². The van der Waals surface area contributed by atoms with Crippen LogP contribution in [0.25, 0.3) is 0 Å². The predicted molar refractivity (Wildman–Crippen MR) is 337 cm³/mol. The number of carbonyl (C=O) groups is 3. The van der Waals surface area contributed by atoms with Crippen LogP contribution in [0.2, 0.25) is 0 Å². The van der Waals surface area contributed by atoms with Gasteiger partial charge in [0.05, 0.1) is 58.5 Å². The lowest BCUT2D eigenvalue weighted by Crippen LogP contribution is -2.72. The van der Waals surface area contributed by atoms with E-state index in [2.05, 4.69) is 10.6 Å². The van der Waals surface area contributed by atoms with Crippen LogP contribution in [0.3, 0.4) is 0 Å². The number of ether oxygens (including phenoxy) is 17. The van der Waals surface area contributed by atoms with Crippen molar-refractivity contribution in [1.29, 1.82) is 0 Å². The number of hydrogen-bond acceptors (Lipinski definition) is 41. The van der Waals surface area contributed by atoms with Crippen LogP contribution < -0.4 is 10.6 Å². The van der Waals surface area contributed by atoms with Crippen molar-refractivity contribution in [1.82, 2.24) is 10.6 Å². The third kappa shape index (κ3) is 20.8. The Morgan fingerprint density at radius 3 is 1.03 bits per heavy atom. The number of hydrogen-bond donors (Lipinski definition) is 23. The highest BCUT2D eigenvalue weighted by atomic mass is 16.8. The topological polar surface area (TPSA) is 657 Å². The number of nitrogens with one attached hydrogen (secondary N) is 2. The molecule has 23 N–H and O–H groups in total. The van der Waals surface area contributed by atoms with Crippen molar-refractivity contribution in [2.24, 2.45) is 0 Å². The first-order chi connectivity index (χ1) is 50.4. The maximum absolute atomic E-state index is 13.5. The first kappa shape index (κ1) is 88.5. The monoisotopic (exact) mass is 1550 g/mol. The SMILES string of the molecule is CCOC(=O)CCCCCCCCO[C@@H]1O[C@H](CO)[C@@H](O[C@@H]2O[C@H](CO)[C@H](O)[C@H](O[C@@H]3O[C@H](CO)[C@@H](O[C@@H]4O[C@H](CO)[C@H](O)[C@H](O[C@@H]5O[C@H](CO)[C@@H](O[C@@H]6O[C@H](CO)[C@H](O)[C@H](O)[C@H]6O)[C@H](O[C@@H]6O[C@@H](C)[C@@H](O)[C@@H](O)[C@@H]6O)[C@H]5NC(C)=O)[C@H]4O)[C@H](O[C@@H]4O[C@@H](C)[C@@H](O)[C@@H](O)[C@@H]4O)[C@H]3NC(C)=O)[C@H]2O)[C@H](O)[C@H]1O. The summed E-state index contributed by atoms with van der Waals surface area (Å²) in [4.78, 5) is 38.4. The fraction of sp³-hybridized carbons (Fsp3) is 0.952. The summed E-state index contributed by atoms with van der Waals surface area (Å²) in [6.45, 7) is 0.104. The average Bonchev–Trinajstić information content (AvgIpc) is 0.764. The molecule has 8 saturated heterocycles. The van der Waals surface area contributed by atoms with Crippen molar-refractivity contribution in [2.75, 3.05) is 52.9 Å². The van der Waals surface area contributed by atoms with E-state index in [1.807, 2.05) is 0 Å². The lowest BCUT2D eigenvalue weighted by Gasteiger charge is -2.52. The summed E-state index contributed by atoms with van der Waals surface area (Å²) >= 11 is 0. The molecule has 0 unspecified atom stereocenters. The Kier molecular flexibility index (Phi) is 33.9. The zero-order valence-electron chi connectivity index (χ0n) is 58.8. The van der Waals surface area contributed by atoms with Crippen molar-refractivity contribution in [3.8, 4) is 0 Å². The van der Waals surface area contributed by atoms with Crippen LogP contribution in [0.5, 0.6) is 0 Å². The molecule has 0 spiro atoms. The first-order valence-corrected chi connectivity index (χ1v) is 35.4. The molecule has 8 fully saturated rings. The number of unbranched alkanes of at least 4 members (excludes halogenated alkanes) is 5. The van der Waals surface area contributed by atoms with Crippen LogP contribution in [0.1, 0.15) is 79.6 Å². The molecule has 0 bridgehead atoms. The van der Waals surface area contributed by atoms with Gasteiger partial charge in [0.25, 0.3) is 0 Å². The highest BCUT2D eigenvalue weighted by Crippen LogP contribution is 2.41. The second kappa shape index (κ2) is 40.6. The smallest absolute Gasteiger partial charge is 0.305 e. The molecule has 2 amide bonds. The third-order valence-corrected chi connectivity index (χ3v) is 19.7. The molecular weight excluding hydrogens is 1440 g/mol.